The van der Waals surface area contributed by atoms with Crippen LogP contribution >= 0.6 is 11.3 Å². The lowest BCUT2D eigenvalue weighted by Gasteiger charge is -2.16. The van der Waals surface area contributed by atoms with E-state index in [2.05, 4.69) is 20.0 Å². The molecule has 0 radical (unpaired) electrons. The molecule has 0 bridgehead atoms. The molecule has 0 fully saturated rings. The van der Waals surface area contributed by atoms with Crippen molar-refractivity contribution in [3.8, 4) is 16.3 Å². The third-order valence-electron chi connectivity index (χ3n) is 5.37. The normalized spacial score (nSPS) is 12.3. The second-order valence-electron chi connectivity index (χ2n) is 7.91. The number of ether oxygens (including phenoxy) is 1. The summed E-state index contributed by atoms with van der Waals surface area (Å²) in [5.74, 6) is -1.14. The van der Waals surface area contributed by atoms with Crippen molar-refractivity contribution in [2.45, 2.75) is 29.6 Å². The van der Waals surface area contributed by atoms with Gasteiger partial charge in [0.25, 0.3) is 0 Å². The van der Waals surface area contributed by atoms with Crippen LogP contribution in [-0.2, 0) is 27.8 Å². The van der Waals surface area contributed by atoms with E-state index in [-0.39, 0.29) is 29.3 Å². The van der Waals surface area contributed by atoms with Crippen LogP contribution in [0, 0.1) is 5.82 Å². The van der Waals surface area contributed by atoms with Crippen molar-refractivity contribution in [2.75, 3.05) is 7.11 Å². The Morgan fingerprint density at radius 3 is 2.78 bits per heavy atom. The number of thiophene rings is 1. The van der Waals surface area contributed by atoms with E-state index in [1.54, 1.807) is 35.9 Å². The lowest BCUT2D eigenvalue weighted by molar-refractivity contribution is -0.130. The Balaban J connectivity index is 1.46. The third kappa shape index (κ3) is 6.54. The van der Waals surface area contributed by atoms with Gasteiger partial charge in [0, 0.05) is 6.20 Å². The number of hydrogen-bond donors (Lipinski definition) is 3. The Kier molecular flexibility index (Phi) is 8.23. The molecular formula is C23H23FN6O5S2. The monoisotopic (exact) mass is 546 g/mol. The molecule has 0 saturated carbocycles. The first kappa shape index (κ1) is 26.3. The van der Waals surface area contributed by atoms with Crippen molar-refractivity contribution < 1.29 is 27.5 Å². The highest BCUT2D eigenvalue weighted by molar-refractivity contribution is 7.91. The van der Waals surface area contributed by atoms with Crippen LogP contribution in [0.15, 0.2) is 65.1 Å². The van der Waals surface area contributed by atoms with Crippen LogP contribution in [-0.4, -0.2) is 46.6 Å². The molecule has 1 atom stereocenters. The maximum Gasteiger partial charge on any atom is 0.250 e. The number of sulfonamides is 1. The predicted octanol–water partition coefficient (Wildman–Crippen LogP) is 2.71. The van der Waals surface area contributed by atoms with Gasteiger partial charge in [-0.15, -0.1) is 16.4 Å². The predicted molar refractivity (Wildman–Crippen MR) is 132 cm³/mol. The van der Waals surface area contributed by atoms with Gasteiger partial charge in [-0.1, -0.05) is 17.3 Å². The average Bonchev–Trinajstić information content (AvgIpc) is 3.59. The van der Waals surface area contributed by atoms with E-state index in [0.717, 1.165) is 11.3 Å². The molecule has 4 rings (SSSR count). The first-order chi connectivity index (χ1) is 17.8. The zero-order valence-electron chi connectivity index (χ0n) is 19.5. The van der Waals surface area contributed by atoms with Crippen LogP contribution in [0.3, 0.4) is 0 Å². The molecule has 1 amide bonds. The minimum atomic E-state index is -3.83. The van der Waals surface area contributed by atoms with Crippen LogP contribution < -0.4 is 14.9 Å². The van der Waals surface area contributed by atoms with Gasteiger partial charge >= 0.3 is 0 Å². The number of benzene rings is 1. The topological polar surface area (TPSA) is 148 Å². The van der Waals surface area contributed by atoms with Crippen LogP contribution in [0.2, 0.25) is 0 Å². The summed E-state index contributed by atoms with van der Waals surface area (Å²) in [6.45, 7) is -0.144. The quantitative estimate of drug-likeness (QED) is 0.192. The summed E-state index contributed by atoms with van der Waals surface area (Å²) in [7, 11) is -2.47. The summed E-state index contributed by atoms with van der Waals surface area (Å²) in [5, 5.41) is 17.0. The lowest BCUT2D eigenvalue weighted by atomic mass is 10.0. The molecule has 14 heteroatoms. The number of rotatable bonds is 11. The van der Waals surface area contributed by atoms with E-state index >= 15 is 0 Å². The molecule has 194 valence electrons. The van der Waals surface area contributed by atoms with Crippen LogP contribution in [0.1, 0.15) is 23.7 Å². The van der Waals surface area contributed by atoms with Gasteiger partial charge in [0.1, 0.15) is 4.21 Å². The first-order valence-corrected chi connectivity index (χ1v) is 13.3. The Morgan fingerprint density at radius 1 is 1.24 bits per heavy atom. The number of carbonyl (C=O) groups is 1. The van der Waals surface area contributed by atoms with Gasteiger partial charge in [-0.05, 0) is 48.4 Å². The molecule has 0 aliphatic carbocycles. The SMILES string of the molecule is COc1ccc(C[C@@H](CC(=O)NO)n2cc(CNS(=O)(=O)c3ccc(-c4ccccn4)s3)nn2)cc1F. The van der Waals surface area contributed by atoms with Crippen molar-refractivity contribution in [3.05, 3.63) is 78.0 Å². The molecule has 0 spiro atoms. The van der Waals surface area contributed by atoms with Gasteiger partial charge in [-0.25, -0.2) is 27.7 Å². The van der Waals surface area contributed by atoms with Gasteiger partial charge < -0.3 is 4.74 Å². The molecule has 0 unspecified atom stereocenters. The number of halogens is 1. The van der Waals surface area contributed by atoms with E-state index in [1.165, 1.54) is 36.2 Å². The highest BCUT2D eigenvalue weighted by Gasteiger charge is 2.21. The van der Waals surface area contributed by atoms with E-state index < -0.39 is 27.8 Å². The molecule has 11 nitrogen and oxygen atoms in total. The fourth-order valence-electron chi connectivity index (χ4n) is 3.55. The summed E-state index contributed by atoms with van der Waals surface area (Å²) in [5.41, 5.74) is 3.12. The first-order valence-electron chi connectivity index (χ1n) is 11.0. The number of pyridine rings is 1. The van der Waals surface area contributed by atoms with Crippen LogP contribution in [0.4, 0.5) is 4.39 Å². The molecule has 1 aromatic carbocycles. The van der Waals surface area contributed by atoms with Gasteiger partial charge in [0.2, 0.25) is 15.9 Å². The molecule has 37 heavy (non-hydrogen) atoms. The molecule has 4 aromatic rings. The standard InChI is InChI=1S/C23H23FN6O5S2/c1-35-20-6-5-15(11-18(20)24)10-17(12-22(31)28-32)30-14-16(27-29-30)13-26-37(33,34)23-8-7-21(36-23)19-4-2-3-9-25-19/h2-9,11,14,17,26,32H,10,12-13H2,1H3,(H,28,31)/t17-/m0/s1. The van der Waals surface area contributed by atoms with Crippen molar-refractivity contribution in [2.24, 2.45) is 0 Å². The summed E-state index contributed by atoms with van der Waals surface area (Å²) in [6, 6.07) is 12.4. The van der Waals surface area contributed by atoms with Crippen molar-refractivity contribution in [3.63, 3.8) is 0 Å². The minimum Gasteiger partial charge on any atom is -0.494 e. The number of aromatic nitrogens is 4. The third-order valence-corrected chi connectivity index (χ3v) is 8.37. The Morgan fingerprint density at radius 2 is 2.08 bits per heavy atom. The second kappa shape index (κ2) is 11.6. The summed E-state index contributed by atoms with van der Waals surface area (Å²) < 4.78 is 48.7. The molecule has 0 saturated heterocycles. The highest BCUT2D eigenvalue weighted by Crippen LogP contribution is 2.29. The fraction of sp³-hybridized carbons (Fsp3) is 0.217. The number of carbonyl (C=O) groups excluding carboxylic acids is 1. The summed E-state index contributed by atoms with van der Waals surface area (Å²) >= 11 is 1.09. The maximum absolute atomic E-state index is 14.1. The lowest BCUT2D eigenvalue weighted by Crippen LogP contribution is -2.25. The highest BCUT2D eigenvalue weighted by atomic mass is 32.2. The minimum absolute atomic E-state index is 0.0848. The van der Waals surface area contributed by atoms with E-state index in [4.69, 9.17) is 9.94 Å². The Hall–Kier alpha value is -3.72. The number of hydrogen-bond acceptors (Lipinski definition) is 9. The van der Waals surface area contributed by atoms with Crippen molar-refractivity contribution >= 4 is 27.3 Å². The number of hydroxylamine groups is 1. The zero-order valence-corrected chi connectivity index (χ0v) is 21.2. The smallest absolute Gasteiger partial charge is 0.250 e. The average molecular weight is 547 g/mol. The second-order valence-corrected chi connectivity index (χ2v) is 11.0. The molecule has 3 heterocycles. The molecular weight excluding hydrogens is 523 g/mol. The largest absolute Gasteiger partial charge is 0.494 e. The summed E-state index contributed by atoms with van der Waals surface area (Å²) in [6.07, 6.45) is 3.14. The maximum atomic E-state index is 14.1. The van der Waals surface area contributed by atoms with E-state index in [1.807, 2.05) is 6.07 Å². The molecule has 3 N–H and O–H groups in total. The van der Waals surface area contributed by atoms with E-state index in [0.29, 0.717) is 21.8 Å². The van der Waals surface area contributed by atoms with Gasteiger partial charge in [0.05, 0.1) is 48.6 Å². The molecule has 0 aliphatic heterocycles. The van der Waals surface area contributed by atoms with Crippen LogP contribution in [0.25, 0.3) is 10.6 Å². The van der Waals surface area contributed by atoms with Gasteiger partial charge in [0.15, 0.2) is 11.6 Å². The van der Waals surface area contributed by atoms with Crippen molar-refractivity contribution in [1.29, 1.82) is 0 Å². The zero-order chi connectivity index (χ0) is 26.4. The molecule has 0 aliphatic rings. The summed E-state index contributed by atoms with van der Waals surface area (Å²) in [4.78, 5) is 16.8. The number of nitrogens with zero attached hydrogens (tertiary/aromatic N) is 4. The van der Waals surface area contributed by atoms with Gasteiger partial charge in [-0.3, -0.25) is 15.0 Å². The fourth-order valence-corrected chi connectivity index (χ4v) is 5.88. The Labute approximate surface area is 215 Å². The number of nitrogens with one attached hydrogen (secondary N) is 2. The van der Waals surface area contributed by atoms with Crippen LogP contribution in [0.5, 0.6) is 5.75 Å². The van der Waals surface area contributed by atoms with Crippen molar-refractivity contribution in [1.82, 2.24) is 30.2 Å². The van der Waals surface area contributed by atoms with Gasteiger partial charge in [-0.2, -0.15) is 0 Å². The van der Waals surface area contributed by atoms with E-state index in [9.17, 15) is 17.6 Å². The number of methoxy groups -OCH3 is 1. The Bertz CT molecular complexity index is 1480. The number of amides is 1. The molecule has 3 aromatic heterocycles.